The average Bonchev–Trinajstić information content (AvgIpc) is 3.25. The molecule has 0 spiro atoms. The van der Waals surface area contributed by atoms with E-state index in [9.17, 15) is 4.79 Å². The summed E-state index contributed by atoms with van der Waals surface area (Å²) in [5.74, 6) is -0.00936. The number of carbonyl (C=O) groups excluding carboxylic acids is 1. The molecule has 0 radical (unpaired) electrons. The van der Waals surface area contributed by atoms with Crippen molar-refractivity contribution in [2.75, 3.05) is 0 Å². The lowest BCUT2D eigenvalue weighted by Crippen LogP contribution is -2.27. The van der Waals surface area contributed by atoms with E-state index in [2.05, 4.69) is 16.5 Å². The minimum Gasteiger partial charge on any atom is -0.350 e. The first-order valence-electron chi connectivity index (χ1n) is 8.25. The number of hydrogen-bond donors (Lipinski definition) is 1. The highest BCUT2D eigenvalue weighted by atomic mass is 35.5. The molecule has 0 fully saturated rings. The lowest BCUT2D eigenvalue weighted by molar-refractivity contribution is -0.122. The second-order valence-electron chi connectivity index (χ2n) is 6.03. The lowest BCUT2D eigenvalue weighted by Gasteiger charge is -2.16. The van der Waals surface area contributed by atoms with E-state index < -0.39 is 0 Å². The van der Waals surface area contributed by atoms with Crippen LogP contribution in [0.5, 0.6) is 0 Å². The number of nitrogens with one attached hydrogen (secondary N) is 1. The largest absolute Gasteiger partial charge is 0.350 e. The number of halogens is 1. The number of aromatic nitrogens is 3. The number of carbonyl (C=O) groups is 1. The Morgan fingerprint density at radius 3 is 2.72 bits per heavy atom. The second-order valence-corrected chi connectivity index (χ2v) is 6.43. The zero-order chi connectivity index (χ0) is 17.8. The Bertz CT molecular complexity index is 854. The number of nitrogens with zero attached hydrogens (tertiary/aromatic N) is 3. The van der Waals surface area contributed by atoms with E-state index in [0.717, 1.165) is 16.9 Å². The van der Waals surface area contributed by atoms with Crippen molar-refractivity contribution in [1.29, 1.82) is 0 Å². The zero-order valence-corrected chi connectivity index (χ0v) is 15.1. The molecular formula is C19H21ClN4O. The van der Waals surface area contributed by atoms with Gasteiger partial charge in [0.05, 0.1) is 29.5 Å². The molecule has 2 aromatic heterocycles. The van der Waals surface area contributed by atoms with Crippen LogP contribution < -0.4 is 5.32 Å². The topological polar surface area (TPSA) is 51.9 Å². The van der Waals surface area contributed by atoms with E-state index in [1.165, 1.54) is 0 Å². The molecule has 1 unspecified atom stereocenters. The van der Waals surface area contributed by atoms with Crippen LogP contribution in [0.1, 0.15) is 30.6 Å². The maximum atomic E-state index is 12.2. The van der Waals surface area contributed by atoms with Crippen molar-refractivity contribution in [1.82, 2.24) is 19.7 Å². The summed E-state index contributed by atoms with van der Waals surface area (Å²) >= 11 is 5.98. The molecule has 0 aliphatic rings. The van der Waals surface area contributed by atoms with E-state index in [1.54, 1.807) is 10.9 Å². The number of aryl methyl sites for hydroxylation is 1. The normalized spacial score (nSPS) is 12.1. The summed E-state index contributed by atoms with van der Waals surface area (Å²) in [6.07, 6.45) is 5.96. The standard InChI is InChI=1S/C19H21ClN4O/c1-14(16-6-5-7-17(12-16)23-9-3-4-10-23)22-19(25)8-11-24-15(2)18(20)13-21-24/h3-7,9-10,12-14H,8,11H2,1-2H3,(H,22,25). The molecule has 6 heteroatoms. The van der Waals surface area contributed by atoms with Gasteiger partial charge in [-0.05, 0) is 43.7 Å². The van der Waals surface area contributed by atoms with Gasteiger partial charge in [0.15, 0.2) is 0 Å². The number of benzene rings is 1. The molecule has 1 aromatic carbocycles. The summed E-state index contributed by atoms with van der Waals surface area (Å²) in [6.45, 7) is 4.39. The summed E-state index contributed by atoms with van der Waals surface area (Å²) in [7, 11) is 0. The highest BCUT2D eigenvalue weighted by molar-refractivity contribution is 6.31. The molecule has 0 bridgehead atoms. The van der Waals surface area contributed by atoms with Gasteiger partial charge in [-0.25, -0.2) is 0 Å². The molecule has 25 heavy (non-hydrogen) atoms. The summed E-state index contributed by atoms with van der Waals surface area (Å²) < 4.78 is 3.79. The van der Waals surface area contributed by atoms with Crippen LogP contribution in [-0.4, -0.2) is 20.3 Å². The van der Waals surface area contributed by atoms with Crippen LogP contribution in [-0.2, 0) is 11.3 Å². The summed E-state index contributed by atoms with van der Waals surface area (Å²) in [5.41, 5.74) is 3.02. The Hall–Kier alpha value is -2.53. The Morgan fingerprint density at radius 1 is 1.28 bits per heavy atom. The molecule has 1 amide bonds. The number of hydrogen-bond acceptors (Lipinski definition) is 2. The quantitative estimate of drug-likeness (QED) is 0.728. The van der Waals surface area contributed by atoms with Crippen molar-refractivity contribution in [2.24, 2.45) is 0 Å². The SMILES string of the molecule is Cc1c(Cl)cnn1CCC(=O)NC(C)c1cccc(-n2cccc2)c1. The van der Waals surface area contributed by atoms with Gasteiger partial charge in [0.1, 0.15) is 0 Å². The highest BCUT2D eigenvalue weighted by Gasteiger charge is 2.12. The monoisotopic (exact) mass is 356 g/mol. The molecule has 5 nitrogen and oxygen atoms in total. The van der Waals surface area contributed by atoms with Crippen molar-refractivity contribution < 1.29 is 4.79 Å². The van der Waals surface area contributed by atoms with Gasteiger partial charge in [-0.15, -0.1) is 0 Å². The van der Waals surface area contributed by atoms with E-state index in [4.69, 9.17) is 11.6 Å². The van der Waals surface area contributed by atoms with Crippen LogP contribution in [0.4, 0.5) is 0 Å². The van der Waals surface area contributed by atoms with Gasteiger partial charge >= 0.3 is 0 Å². The predicted molar refractivity (Wildman–Crippen MR) is 98.9 cm³/mol. The first-order chi connectivity index (χ1) is 12.0. The van der Waals surface area contributed by atoms with Gasteiger partial charge in [0.2, 0.25) is 5.91 Å². The maximum Gasteiger partial charge on any atom is 0.222 e. The molecule has 3 aromatic rings. The molecule has 0 aliphatic heterocycles. The zero-order valence-electron chi connectivity index (χ0n) is 14.3. The third-order valence-corrected chi connectivity index (χ3v) is 4.62. The van der Waals surface area contributed by atoms with Crippen LogP contribution in [0.15, 0.2) is 55.0 Å². The van der Waals surface area contributed by atoms with Crippen molar-refractivity contribution >= 4 is 17.5 Å². The fourth-order valence-corrected chi connectivity index (χ4v) is 2.86. The molecule has 1 N–H and O–H groups in total. The Balaban J connectivity index is 1.60. The van der Waals surface area contributed by atoms with Crippen molar-refractivity contribution in [3.05, 3.63) is 71.3 Å². The second kappa shape index (κ2) is 7.57. The van der Waals surface area contributed by atoms with Gasteiger partial charge in [-0.1, -0.05) is 23.7 Å². The Kier molecular flexibility index (Phi) is 5.24. The number of rotatable bonds is 6. The molecule has 3 rings (SSSR count). The summed E-state index contributed by atoms with van der Waals surface area (Å²) in [4.78, 5) is 12.2. The lowest BCUT2D eigenvalue weighted by atomic mass is 10.1. The highest BCUT2D eigenvalue weighted by Crippen LogP contribution is 2.18. The van der Waals surface area contributed by atoms with E-state index in [1.807, 2.05) is 61.1 Å². The van der Waals surface area contributed by atoms with Crippen molar-refractivity contribution in [3.63, 3.8) is 0 Å². The molecular weight excluding hydrogens is 336 g/mol. The smallest absolute Gasteiger partial charge is 0.222 e. The van der Waals surface area contributed by atoms with E-state index in [0.29, 0.717) is 18.0 Å². The van der Waals surface area contributed by atoms with Gasteiger partial charge in [0.25, 0.3) is 0 Å². The first-order valence-corrected chi connectivity index (χ1v) is 8.63. The first kappa shape index (κ1) is 17.3. The Labute approximate surface area is 152 Å². The van der Waals surface area contributed by atoms with Gasteiger partial charge in [0, 0.05) is 24.5 Å². The molecule has 0 saturated carbocycles. The van der Waals surface area contributed by atoms with Crippen LogP contribution in [0.3, 0.4) is 0 Å². The third-order valence-electron chi connectivity index (χ3n) is 4.24. The minimum atomic E-state index is -0.0645. The summed E-state index contributed by atoms with van der Waals surface area (Å²) in [5, 5.41) is 7.83. The minimum absolute atomic E-state index is 0.00936. The molecule has 0 saturated heterocycles. The fourth-order valence-electron chi connectivity index (χ4n) is 2.71. The van der Waals surface area contributed by atoms with Gasteiger partial charge in [-0.2, -0.15) is 5.10 Å². The van der Waals surface area contributed by atoms with Crippen LogP contribution in [0, 0.1) is 6.92 Å². The van der Waals surface area contributed by atoms with Gasteiger partial charge < -0.3 is 9.88 Å². The fraction of sp³-hybridized carbons (Fsp3) is 0.263. The van der Waals surface area contributed by atoms with Crippen LogP contribution in [0.2, 0.25) is 5.02 Å². The summed E-state index contributed by atoms with van der Waals surface area (Å²) in [6, 6.07) is 12.1. The van der Waals surface area contributed by atoms with E-state index >= 15 is 0 Å². The van der Waals surface area contributed by atoms with Crippen molar-refractivity contribution in [2.45, 2.75) is 32.9 Å². The van der Waals surface area contributed by atoms with Crippen LogP contribution >= 0.6 is 11.6 Å². The third kappa shape index (κ3) is 4.12. The Morgan fingerprint density at radius 2 is 2.04 bits per heavy atom. The van der Waals surface area contributed by atoms with E-state index in [-0.39, 0.29) is 11.9 Å². The van der Waals surface area contributed by atoms with Crippen LogP contribution in [0.25, 0.3) is 5.69 Å². The van der Waals surface area contributed by atoms with Gasteiger partial charge in [-0.3, -0.25) is 9.48 Å². The molecule has 2 heterocycles. The molecule has 130 valence electrons. The molecule has 0 aliphatic carbocycles. The maximum absolute atomic E-state index is 12.2. The predicted octanol–water partition coefficient (Wildman–Crippen LogP) is 3.90. The molecule has 1 atom stereocenters. The average molecular weight is 357 g/mol. The number of amides is 1. The van der Waals surface area contributed by atoms with Crippen molar-refractivity contribution in [3.8, 4) is 5.69 Å².